The van der Waals surface area contributed by atoms with Crippen molar-refractivity contribution in [3.05, 3.63) is 0 Å². The zero-order chi connectivity index (χ0) is 12.4. The van der Waals surface area contributed by atoms with Gasteiger partial charge in [0.2, 0.25) is 5.78 Å². The van der Waals surface area contributed by atoms with Gasteiger partial charge in [0, 0.05) is 0 Å². The van der Waals surface area contributed by atoms with Crippen LogP contribution in [0.5, 0.6) is 0 Å². The number of carboxylic acid groups (broad SMARTS) is 1. The van der Waals surface area contributed by atoms with Crippen LogP contribution in [0.4, 0.5) is 22.0 Å². The molecule has 0 aliphatic heterocycles. The number of carboxylic acids is 1. The summed E-state index contributed by atoms with van der Waals surface area (Å²) in [6, 6.07) is 0. The number of rotatable bonds is 4. The number of Topliss-reactive ketones (excluding diaryl/α,β-unsaturated/α-hetero) is 1. The molecule has 0 aliphatic rings. The number of aliphatic carboxylic acids is 1. The fourth-order valence-corrected chi connectivity index (χ4v) is 0.831. The fourth-order valence-electron chi connectivity index (χ4n) is 0.831. The molecule has 3 nitrogen and oxygen atoms in total. The first kappa shape index (κ1) is 13.8. The van der Waals surface area contributed by atoms with Gasteiger partial charge in [-0.25, -0.2) is 0 Å². The minimum Gasteiger partial charge on any atom is -0.481 e. The van der Waals surface area contributed by atoms with E-state index in [1.807, 2.05) is 0 Å². The van der Waals surface area contributed by atoms with Crippen molar-refractivity contribution in [2.45, 2.75) is 25.4 Å². The Hall–Kier alpha value is -1.21. The van der Waals surface area contributed by atoms with E-state index in [1.54, 1.807) is 0 Å². The maximum absolute atomic E-state index is 12.4. The summed E-state index contributed by atoms with van der Waals surface area (Å²) in [6.07, 6.45) is -6.69. The summed E-state index contributed by atoms with van der Waals surface area (Å²) < 4.78 is 59.8. The van der Waals surface area contributed by atoms with E-state index in [1.165, 1.54) is 0 Å². The van der Waals surface area contributed by atoms with E-state index < -0.39 is 36.2 Å². The second-order valence-electron chi connectivity index (χ2n) is 2.74. The van der Waals surface area contributed by atoms with Crippen molar-refractivity contribution in [1.82, 2.24) is 0 Å². The maximum Gasteiger partial charge on any atom is 0.461 e. The van der Waals surface area contributed by atoms with Crippen molar-refractivity contribution in [3.8, 4) is 0 Å². The molecule has 1 N–H and O–H groups in total. The first-order valence-electron chi connectivity index (χ1n) is 3.77. The smallest absolute Gasteiger partial charge is 0.461 e. The third-order valence-corrected chi connectivity index (χ3v) is 1.69. The molecule has 0 saturated carbocycles. The number of carbonyl (C=O) groups excluding carboxylic acids is 1. The summed E-state index contributed by atoms with van der Waals surface area (Å²) >= 11 is 0. The monoisotopic (exact) mass is 234 g/mol. The highest BCUT2D eigenvalue weighted by molar-refractivity contribution is 6.02. The summed E-state index contributed by atoms with van der Waals surface area (Å²) in [7, 11) is 0. The molecule has 8 heteroatoms. The average molecular weight is 234 g/mol. The van der Waals surface area contributed by atoms with Gasteiger partial charge in [-0.15, -0.1) is 0 Å². The van der Waals surface area contributed by atoms with Gasteiger partial charge >= 0.3 is 18.1 Å². The molecule has 0 radical (unpaired) electrons. The molecule has 0 aromatic heterocycles. The molecule has 0 spiro atoms. The SMILES string of the molecule is CCC(C(=O)O)C(=O)C(F)(F)C(F)(F)F. The van der Waals surface area contributed by atoms with Crippen molar-refractivity contribution >= 4 is 11.8 Å². The Labute approximate surface area is 80.9 Å². The zero-order valence-electron chi connectivity index (χ0n) is 7.44. The van der Waals surface area contributed by atoms with Gasteiger partial charge in [0.05, 0.1) is 0 Å². The molecule has 0 aliphatic carbocycles. The standard InChI is InChI=1S/C7H7F5O3/c1-2-3(5(14)15)4(13)6(8,9)7(10,11)12/h3H,2H2,1H3,(H,14,15). The molecule has 88 valence electrons. The molecule has 0 heterocycles. The van der Waals surface area contributed by atoms with Gasteiger partial charge in [-0.05, 0) is 6.42 Å². The van der Waals surface area contributed by atoms with Crippen molar-refractivity contribution in [3.63, 3.8) is 0 Å². The second kappa shape index (κ2) is 4.11. The van der Waals surface area contributed by atoms with Crippen LogP contribution in [0.25, 0.3) is 0 Å². The van der Waals surface area contributed by atoms with Crippen LogP contribution in [0.1, 0.15) is 13.3 Å². The van der Waals surface area contributed by atoms with E-state index in [0.29, 0.717) is 0 Å². The lowest BCUT2D eigenvalue weighted by Crippen LogP contribution is -2.48. The number of hydrogen-bond acceptors (Lipinski definition) is 2. The van der Waals surface area contributed by atoms with E-state index in [0.717, 1.165) is 6.92 Å². The number of alkyl halides is 5. The molecule has 1 atom stereocenters. The van der Waals surface area contributed by atoms with Gasteiger partial charge in [-0.3, -0.25) is 9.59 Å². The summed E-state index contributed by atoms with van der Waals surface area (Å²) in [5, 5.41) is 8.25. The highest BCUT2D eigenvalue weighted by Crippen LogP contribution is 2.38. The van der Waals surface area contributed by atoms with Crippen LogP contribution in [0.15, 0.2) is 0 Å². The first-order chi connectivity index (χ1) is 6.55. The minimum atomic E-state index is -6.06. The third kappa shape index (κ3) is 2.63. The van der Waals surface area contributed by atoms with Crippen LogP contribution in [-0.2, 0) is 9.59 Å². The molecule has 0 aromatic rings. The van der Waals surface area contributed by atoms with Gasteiger partial charge in [0.25, 0.3) is 0 Å². The zero-order valence-corrected chi connectivity index (χ0v) is 7.44. The van der Waals surface area contributed by atoms with E-state index >= 15 is 0 Å². The highest BCUT2D eigenvalue weighted by Gasteiger charge is 2.64. The Balaban J connectivity index is 5.07. The molecular formula is C7H7F5O3. The lowest BCUT2D eigenvalue weighted by molar-refractivity contribution is -0.270. The molecular weight excluding hydrogens is 227 g/mol. The third-order valence-electron chi connectivity index (χ3n) is 1.69. The summed E-state index contributed by atoms with van der Waals surface area (Å²) in [5.41, 5.74) is 0. The molecule has 1 unspecified atom stereocenters. The van der Waals surface area contributed by atoms with Crippen molar-refractivity contribution in [2.75, 3.05) is 0 Å². The minimum absolute atomic E-state index is 0.625. The molecule has 0 amide bonds. The molecule has 0 aromatic carbocycles. The molecule has 0 rings (SSSR count). The average Bonchev–Trinajstić information content (AvgIpc) is 2.02. The number of ketones is 1. The number of hydrogen-bond donors (Lipinski definition) is 1. The van der Waals surface area contributed by atoms with Gasteiger partial charge in [-0.2, -0.15) is 22.0 Å². The van der Waals surface area contributed by atoms with Gasteiger partial charge < -0.3 is 5.11 Å². The second-order valence-corrected chi connectivity index (χ2v) is 2.74. The van der Waals surface area contributed by atoms with Crippen molar-refractivity contribution in [2.24, 2.45) is 5.92 Å². The van der Waals surface area contributed by atoms with Gasteiger partial charge in [-0.1, -0.05) is 6.92 Å². The summed E-state index contributed by atoms with van der Waals surface area (Å²) in [5.74, 6) is -12.6. The molecule has 15 heavy (non-hydrogen) atoms. The van der Waals surface area contributed by atoms with Crippen LogP contribution in [0.3, 0.4) is 0 Å². The molecule has 0 fully saturated rings. The highest BCUT2D eigenvalue weighted by atomic mass is 19.4. The van der Waals surface area contributed by atoms with Crippen molar-refractivity contribution < 1.29 is 36.6 Å². The van der Waals surface area contributed by atoms with E-state index in [2.05, 4.69) is 0 Å². The largest absolute Gasteiger partial charge is 0.481 e. The van der Waals surface area contributed by atoms with E-state index in [9.17, 15) is 31.5 Å². The number of halogens is 5. The Kier molecular flexibility index (Phi) is 3.78. The lowest BCUT2D eigenvalue weighted by Gasteiger charge is -2.20. The van der Waals surface area contributed by atoms with Crippen LogP contribution in [-0.4, -0.2) is 29.0 Å². The van der Waals surface area contributed by atoms with Crippen LogP contribution < -0.4 is 0 Å². The van der Waals surface area contributed by atoms with Gasteiger partial charge in [0.1, 0.15) is 5.92 Å². The van der Waals surface area contributed by atoms with Crippen LogP contribution >= 0.6 is 0 Å². The van der Waals surface area contributed by atoms with Crippen LogP contribution in [0.2, 0.25) is 0 Å². The van der Waals surface area contributed by atoms with E-state index in [-0.39, 0.29) is 0 Å². The Bertz CT molecular complexity index is 270. The Morgan fingerprint density at radius 3 is 1.80 bits per heavy atom. The quantitative estimate of drug-likeness (QED) is 0.596. The lowest BCUT2D eigenvalue weighted by atomic mass is 9.96. The predicted octanol–water partition coefficient (Wildman–Crippen LogP) is 1.86. The topological polar surface area (TPSA) is 54.4 Å². The normalized spacial score (nSPS) is 14.8. The van der Waals surface area contributed by atoms with Gasteiger partial charge in [0.15, 0.2) is 0 Å². The summed E-state index contributed by atoms with van der Waals surface area (Å²) in [4.78, 5) is 20.9. The number of carbonyl (C=O) groups is 2. The van der Waals surface area contributed by atoms with Crippen LogP contribution in [0, 0.1) is 5.92 Å². The van der Waals surface area contributed by atoms with E-state index in [4.69, 9.17) is 5.11 Å². The summed E-state index contributed by atoms with van der Waals surface area (Å²) in [6.45, 7) is 1.03. The fraction of sp³-hybridized carbons (Fsp3) is 0.714. The molecule has 0 saturated heterocycles. The maximum atomic E-state index is 12.4. The van der Waals surface area contributed by atoms with Crippen molar-refractivity contribution in [1.29, 1.82) is 0 Å². The first-order valence-corrected chi connectivity index (χ1v) is 3.77. The predicted molar refractivity (Wildman–Crippen MR) is 37.4 cm³/mol. The molecule has 0 bridgehead atoms. The Morgan fingerprint density at radius 1 is 1.20 bits per heavy atom. The Morgan fingerprint density at radius 2 is 1.60 bits per heavy atom.